The van der Waals surface area contributed by atoms with Gasteiger partial charge in [0.15, 0.2) is 0 Å². The Bertz CT molecular complexity index is 615. The minimum atomic E-state index is -1.71. The molecule has 164 valence electrons. The molecule has 4 saturated carbocycles. The zero-order valence-electron chi connectivity index (χ0n) is 17.7. The monoisotopic (exact) mass is 409 g/mol. The molecule has 0 spiro atoms. The second kappa shape index (κ2) is 8.60. The maximum atomic E-state index is 13.4. The highest BCUT2D eigenvalue weighted by Gasteiger charge is 2.52. The first-order valence-corrected chi connectivity index (χ1v) is 10.8. The van der Waals surface area contributed by atoms with E-state index in [0.29, 0.717) is 24.3 Å². The number of urea groups is 1. The van der Waals surface area contributed by atoms with Crippen molar-refractivity contribution in [3.63, 3.8) is 0 Å². The average Bonchev–Trinajstić information content (AvgIpc) is 2.66. The molecule has 2 atom stereocenters. The van der Waals surface area contributed by atoms with E-state index < -0.39 is 29.9 Å². The standard InChI is InChI=1S/C21H35N3O5/c1-12(2)4-16(17(25)18(26)23-29)19(27)24(20(28)22-3)11-21-8-13-5-14(9-21)7-15(6-13)10-21/h12-17,25,29H,4-11H2,1-3H3,(H,22,28)(H,23,26)/t13?,14?,15?,16-,17+,21?/m1/s1. The van der Waals surface area contributed by atoms with Crippen molar-refractivity contribution in [1.82, 2.24) is 15.7 Å². The highest BCUT2D eigenvalue weighted by Crippen LogP contribution is 2.60. The topological polar surface area (TPSA) is 119 Å². The number of aliphatic hydroxyl groups is 1. The summed E-state index contributed by atoms with van der Waals surface area (Å²) >= 11 is 0. The molecule has 4 fully saturated rings. The molecule has 29 heavy (non-hydrogen) atoms. The molecule has 4 rings (SSSR count). The lowest BCUT2D eigenvalue weighted by atomic mass is 9.49. The van der Waals surface area contributed by atoms with Gasteiger partial charge in [0.2, 0.25) is 5.91 Å². The van der Waals surface area contributed by atoms with Gasteiger partial charge in [-0.2, -0.15) is 0 Å². The number of hydrogen-bond acceptors (Lipinski definition) is 5. The first-order valence-electron chi connectivity index (χ1n) is 10.8. The number of imide groups is 1. The van der Waals surface area contributed by atoms with Crippen LogP contribution in [0.15, 0.2) is 0 Å². The summed E-state index contributed by atoms with van der Waals surface area (Å²) in [7, 11) is 1.48. The summed E-state index contributed by atoms with van der Waals surface area (Å²) in [6.45, 7) is 4.09. The van der Waals surface area contributed by atoms with Crippen molar-refractivity contribution < 1.29 is 24.7 Å². The van der Waals surface area contributed by atoms with Crippen LogP contribution in [0.2, 0.25) is 0 Å². The SMILES string of the molecule is CNC(=O)N(CC12CC3CC(CC(C3)C1)C2)C(=O)[C@H](CC(C)C)[C@H](O)C(=O)NO. The fourth-order valence-electron chi connectivity index (χ4n) is 6.53. The Morgan fingerprint density at radius 3 is 2.00 bits per heavy atom. The van der Waals surface area contributed by atoms with E-state index in [1.54, 1.807) is 0 Å². The van der Waals surface area contributed by atoms with E-state index in [1.807, 2.05) is 13.8 Å². The molecule has 4 N–H and O–H groups in total. The van der Waals surface area contributed by atoms with Crippen molar-refractivity contribution in [2.75, 3.05) is 13.6 Å². The van der Waals surface area contributed by atoms with Crippen molar-refractivity contribution in [3.05, 3.63) is 0 Å². The zero-order valence-corrected chi connectivity index (χ0v) is 17.7. The van der Waals surface area contributed by atoms with Crippen LogP contribution < -0.4 is 10.8 Å². The maximum absolute atomic E-state index is 13.4. The molecule has 0 aromatic rings. The molecule has 4 amide bonds. The number of carbonyl (C=O) groups is 3. The van der Waals surface area contributed by atoms with Crippen LogP contribution in [-0.2, 0) is 9.59 Å². The van der Waals surface area contributed by atoms with Crippen LogP contribution in [-0.4, -0.2) is 52.8 Å². The smallest absolute Gasteiger partial charge is 0.323 e. The van der Waals surface area contributed by atoms with E-state index in [1.165, 1.54) is 36.7 Å². The van der Waals surface area contributed by atoms with Crippen LogP contribution >= 0.6 is 0 Å². The molecule has 4 aliphatic carbocycles. The highest BCUT2D eigenvalue weighted by molar-refractivity contribution is 5.98. The Labute approximate surface area is 172 Å². The normalized spacial score (nSPS) is 32.0. The Morgan fingerprint density at radius 2 is 1.59 bits per heavy atom. The minimum absolute atomic E-state index is 0.0242. The van der Waals surface area contributed by atoms with E-state index >= 15 is 0 Å². The van der Waals surface area contributed by atoms with Gasteiger partial charge in [-0.1, -0.05) is 13.8 Å². The number of nitrogens with one attached hydrogen (secondary N) is 2. The lowest BCUT2D eigenvalue weighted by molar-refractivity contribution is -0.151. The van der Waals surface area contributed by atoms with Crippen LogP contribution in [0, 0.1) is 35.0 Å². The van der Waals surface area contributed by atoms with Crippen molar-refractivity contribution in [1.29, 1.82) is 0 Å². The number of hydroxylamine groups is 1. The summed E-state index contributed by atoms with van der Waals surface area (Å²) < 4.78 is 0. The molecule has 0 aromatic heterocycles. The van der Waals surface area contributed by atoms with Crippen molar-refractivity contribution in [2.45, 2.75) is 64.9 Å². The molecule has 8 nitrogen and oxygen atoms in total. The first kappa shape index (κ1) is 22.0. The second-order valence-corrected chi connectivity index (χ2v) is 10.1. The van der Waals surface area contributed by atoms with Crippen LogP contribution in [0.1, 0.15) is 58.8 Å². The van der Waals surface area contributed by atoms with Gasteiger partial charge < -0.3 is 10.4 Å². The van der Waals surface area contributed by atoms with E-state index in [9.17, 15) is 19.5 Å². The molecule has 4 aliphatic rings. The van der Waals surface area contributed by atoms with E-state index in [4.69, 9.17) is 5.21 Å². The number of nitrogens with zero attached hydrogens (tertiary/aromatic N) is 1. The van der Waals surface area contributed by atoms with Gasteiger partial charge in [-0.3, -0.25) is 19.7 Å². The first-order chi connectivity index (χ1) is 13.7. The van der Waals surface area contributed by atoms with Crippen molar-refractivity contribution in [2.24, 2.45) is 35.0 Å². The van der Waals surface area contributed by atoms with Gasteiger partial charge in [0.25, 0.3) is 5.91 Å². The van der Waals surface area contributed by atoms with E-state index in [0.717, 1.165) is 19.3 Å². The van der Waals surface area contributed by atoms with Gasteiger partial charge in [0.05, 0.1) is 5.92 Å². The summed E-state index contributed by atoms with van der Waals surface area (Å²) in [5, 5.41) is 21.8. The second-order valence-electron chi connectivity index (χ2n) is 10.1. The molecular formula is C21H35N3O5. The van der Waals surface area contributed by atoms with Crippen LogP contribution in [0.5, 0.6) is 0 Å². The van der Waals surface area contributed by atoms with E-state index in [-0.39, 0.29) is 17.8 Å². The largest absolute Gasteiger partial charge is 0.382 e. The third-order valence-electron chi connectivity index (χ3n) is 7.19. The summed E-state index contributed by atoms with van der Waals surface area (Å²) in [6.07, 6.45) is 5.42. The van der Waals surface area contributed by atoms with Gasteiger partial charge in [-0.05, 0) is 74.0 Å². The van der Waals surface area contributed by atoms with Crippen molar-refractivity contribution >= 4 is 17.8 Å². The van der Waals surface area contributed by atoms with Gasteiger partial charge in [-0.15, -0.1) is 0 Å². The number of carbonyl (C=O) groups excluding carboxylic acids is 3. The Hall–Kier alpha value is -1.67. The minimum Gasteiger partial charge on any atom is -0.382 e. The molecule has 0 unspecified atom stereocenters. The van der Waals surface area contributed by atoms with Crippen LogP contribution in [0.4, 0.5) is 4.79 Å². The molecule has 0 saturated heterocycles. The molecule has 0 radical (unpaired) electrons. The third-order valence-corrected chi connectivity index (χ3v) is 7.19. The van der Waals surface area contributed by atoms with Gasteiger partial charge >= 0.3 is 6.03 Å². The molecule has 0 aliphatic heterocycles. The molecule has 0 heterocycles. The fourth-order valence-corrected chi connectivity index (χ4v) is 6.53. The highest BCUT2D eigenvalue weighted by atomic mass is 16.5. The van der Waals surface area contributed by atoms with Gasteiger partial charge in [0, 0.05) is 13.6 Å². The predicted octanol–water partition coefficient (Wildman–Crippen LogP) is 1.90. The Kier molecular flexibility index (Phi) is 6.53. The summed E-state index contributed by atoms with van der Waals surface area (Å²) in [5.74, 6) is -0.606. The number of amides is 4. The van der Waals surface area contributed by atoms with E-state index in [2.05, 4.69) is 5.32 Å². The zero-order chi connectivity index (χ0) is 21.3. The van der Waals surface area contributed by atoms with Crippen LogP contribution in [0.25, 0.3) is 0 Å². The van der Waals surface area contributed by atoms with Gasteiger partial charge in [-0.25, -0.2) is 10.3 Å². The number of aliphatic hydroxyl groups excluding tert-OH is 1. The molecule has 8 heteroatoms. The summed E-state index contributed by atoms with van der Waals surface area (Å²) in [4.78, 5) is 39.1. The number of hydrogen-bond donors (Lipinski definition) is 4. The molecule has 0 aromatic carbocycles. The average molecular weight is 410 g/mol. The Morgan fingerprint density at radius 1 is 1.07 bits per heavy atom. The van der Waals surface area contributed by atoms with Gasteiger partial charge in [0.1, 0.15) is 6.10 Å². The lowest BCUT2D eigenvalue weighted by Gasteiger charge is -2.57. The third kappa shape index (κ3) is 4.58. The van der Waals surface area contributed by atoms with Crippen LogP contribution in [0.3, 0.4) is 0 Å². The molecular weight excluding hydrogens is 374 g/mol. The molecule has 4 bridgehead atoms. The summed E-state index contributed by atoms with van der Waals surface area (Å²) in [5.41, 5.74) is 1.37. The quantitative estimate of drug-likeness (QED) is 0.378. The lowest BCUT2D eigenvalue weighted by Crippen LogP contribution is -2.57. The summed E-state index contributed by atoms with van der Waals surface area (Å²) in [6, 6.07) is -0.504. The maximum Gasteiger partial charge on any atom is 0.323 e. The predicted molar refractivity (Wildman–Crippen MR) is 106 cm³/mol. The number of rotatable bonds is 7. The fraction of sp³-hybridized carbons (Fsp3) is 0.857. The Balaban J connectivity index is 1.84. The van der Waals surface area contributed by atoms with Crippen molar-refractivity contribution in [3.8, 4) is 0 Å².